The Bertz CT molecular complexity index is 440. The number of allylic oxidation sites excluding steroid dienone is 1. The molecule has 5 heteroatoms. The highest BCUT2D eigenvalue weighted by Gasteiger charge is 2.08. The van der Waals surface area contributed by atoms with Crippen molar-refractivity contribution >= 4 is 28.6 Å². The van der Waals surface area contributed by atoms with Crippen LogP contribution in [0.25, 0.3) is 5.03 Å². The van der Waals surface area contributed by atoms with E-state index in [0.29, 0.717) is 17.4 Å². The number of halogens is 1. The first-order valence-electron chi connectivity index (χ1n) is 4.12. The van der Waals surface area contributed by atoms with Gasteiger partial charge in [0.25, 0.3) is 5.69 Å². The van der Waals surface area contributed by atoms with Crippen LogP contribution in [0.15, 0.2) is 29.8 Å². The van der Waals surface area contributed by atoms with Crippen LogP contribution >= 0.6 is 11.6 Å². The molecule has 0 aromatic heterocycles. The molecule has 0 saturated heterocycles. The lowest BCUT2D eigenvalue weighted by molar-refractivity contribution is -0.384. The predicted octanol–water partition coefficient (Wildman–Crippen LogP) is 2.76. The lowest BCUT2D eigenvalue weighted by Gasteiger charge is -2.00. The number of nitro groups is 1. The summed E-state index contributed by atoms with van der Waals surface area (Å²) in [4.78, 5) is 20.4. The van der Waals surface area contributed by atoms with E-state index in [1.807, 2.05) is 0 Å². The van der Waals surface area contributed by atoms with Gasteiger partial charge in [-0.3, -0.25) is 14.9 Å². The maximum atomic E-state index is 10.5. The van der Waals surface area contributed by atoms with Gasteiger partial charge >= 0.3 is 0 Å². The maximum Gasteiger partial charge on any atom is 0.270 e. The molecule has 0 fully saturated rings. The standard InChI is InChI=1S/C10H8ClNO3/c1-7(6-13)10(11)8-3-2-4-9(5-8)12(14)15/h2-6H,1H3/b10-7+. The summed E-state index contributed by atoms with van der Waals surface area (Å²) in [6, 6.07) is 5.83. The van der Waals surface area contributed by atoms with Gasteiger partial charge in [0.05, 0.1) is 9.96 Å². The number of non-ortho nitro benzene ring substituents is 1. The highest BCUT2D eigenvalue weighted by molar-refractivity contribution is 6.50. The normalized spacial score (nSPS) is 11.9. The van der Waals surface area contributed by atoms with E-state index in [1.54, 1.807) is 13.0 Å². The van der Waals surface area contributed by atoms with Crippen LogP contribution in [0.5, 0.6) is 0 Å². The molecule has 0 saturated carbocycles. The average Bonchev–Trinajstić information content (AvgIpc) is 2.27. The molecule has 0 amide bonds. The maximum absolute atomic E-state index is 10.5. The van der Waals surface area contributed by atoms with Crippen LogP contribution in [0.2, 0.25) is 0 Å². The van der Waals surface area contributed by atoms with Crippen LogP contribution in [0.3, 0.4) is 0 Å². The molecule has 1 aromatic rings. The molecular weight excluding hydrogens is 218 g/mol. The van der Waals surface area contributed by atoms with Gasteiger partial charge in [0.1, 0.15) is 6.29 Å². The second-order valence-electron chi connectivity index (χ2n) is 2.92. The lowest BCUT2D eigenvalue weighted by Crippen LogP contribution is -1.90. The van der Waals surface area contributed by atoms with Crippen LogP contribution in [-0.2, 0) is 4.79 Å². The number of hydrogen-bond donors (Lipinski definition) is 0. The molecule has 0 N–H and O–H groups in total. The van der Waals surface area contributed by atoms with E-state index in [-0.39, 0.29) is 10.7 Å². The fourth-order valence-electron chi connectivity index (χ4n) is 1.04. The molecule has 15 heavy (non-hydrogen) atoms. The second-order valence-corrected chi connectivity index (χ2v) is 3.30. The van der Waals surface area contributed by atoms with E-state index < -0.39 is 4.92 Å². The highest BCUT2D eigenvalue weighted by Crippen LogP contribution is 2.25. The number of hydrogen-bond acceptors (Lipinski definition) is 3. The molecule has 1 rings (SSSR count). The Morgan fingerprint density at radius 2 is 2.20 bits per heavy atom. The largest absolute Gasteiger partial charge is 0.298 e. The topological polar surface area (TPSA) is 60.2 Å². The van der Waals surface area contributed by atoms with Gasteiger partial charge in [-0.25, -0.2) is 0 Å². The van der Waals surface area contributed by atoms with E-state index in [0.717, 1.165) is 0 Å². The van der Waals surface area contributed by atoms with E-state index >= 15 is 0 Å². The molecule has 0 aliphatic rings. The molecule has 0 atom stereocenters. The Balaban J connectivity index is 3.22. The van der Waals surface area contributed by atoms with Gasteiger partial charge in [-0.05, 0) is 6.92 Å². The van der Waals surface area contributed by atoms with Gasteiger partial charge in [-0.15, -0.1) is 0 Å². The summed E-state index contributed by atoms with van der Waals surface area (Å²) >= 11 is 5.86. The molecule has 0 heterocycles. The van der Waals surface area contributed by atoms with Crippen molar-refractivity contribution in [3.05, 3.63) is 45.5 Å². The zero-order valence-corrected chi connectivity index (χ0v) is 8.69. The van der Waals surface area contributed by atoms with Crippen LogP contribution in [0.4, 0.5) is 5.69 Å². The van der Waals surface area contributed by atoms with Crippen LogP contribution in [-0.4, -0.2) is 11.2 Å². The van der Waals surface area contributed by atoms with Crippen molar-refractivity contribution < 1.29 is 9.72 Å². The van der Waals surface area contributed by atoms with E-state index in [1.165, 1.54) is 18.2 Å². The summed E-state index contributed by atoms with van der Waals surface area (Å²) in [5.74, 6) is 0. The molecule has 0 aliphatic heterocycles. The fraction of sp³-hybridized carbons (Fsp3) is 0.100. The third-order valence-electron chi connectivity index (χ3n) is 1.83. The van der Waals surface area contributed by atoms with Crippen molar-refractivity contribution in [3.63, 3.8) is 0 Å². The van der Waals surface area contributed by atoms with E-state index in [2.05, 4.69) is 0 Å². The summed E-state index contributed by atoms with van der Waals surface area (Å²) in [7, 11) is 0. The van der Waals surface area contributed by atoms with Gasteiger partial charge in [0, 0.05) is 23.3 Å². The lowest BCUT2D eigenvalue weighted by atomic mass is 10.1. The van der Waals surface area contributed by atoms with Crippen molar-refractivity contribution in [1.82, 2.24) is 0 Å². The van der Waals surface area contributed by atoms with Gasteiger partial charge in [0.2, 0.25) is 0 Å². The van der Waals surface area contributed by atoms with Gasteiger partial charge in [-0.2, -0.15) is 0 Å². The Morgan fingerprint density at radius 1 is 1.53 bits per heavy atom. The first-order valence-corrected chi connectivity index (χ1v) is 4.50. The molecule has 78 valence electrons. The van der Waals surface area contributed by atoms with Crippen molar-refractivity contribution in [2.75, 3.05) is 0 Å². The summed E-state index contributed by atoms with van der Waals surface area (Å²) < 4.78 is 0. The summed E-state index contributed by atoms with van der Waals surface area (Å²) in [6.07, 6.45) is 0.612. The van der Waals surface area contributed by atoms with Crippen LogP contribution in [0, 0.1) is 10.1 Å². The Kier molecular flexibility index (Phi) is 3.57. The van der Waals surface area contributed by atoms with Gasteiger partial charge in [0.15, 0.2) is 0 Å². The third kappa shape index (κ3) is 2.63. The average molecular weight is 226 g/mol. The molecule has 0 bridgehead atoms. The van der Waals surface area contributed by atoms with E-state index in [4.69, 9.17) is 11.6 Å². The zero-order chi connectivity index (χ0) is 11.4. The molecule has 0 aliphatic carbocycles. The predicted molar refractivity (Wildman–Crippen MR) is 57.6 cm³/mol. The molecule has 0 radical (unpaired) electrons. The quantitative estimate of drug-likeness (QED) is 0.344. The number of nitrogens with zero attached hydrogens (tertiary/aromatic N) is 1. The minimum absolute atomic E-state index is 0.0515. The number of carbonyl (C=O) groups excluding carboxylic acids is 1. The molecule has 0 unspecified atom stereocenters. The first-order chi connectivity index (χ1) is 7.06. The second kappa shape index (κ2) is 4.70. The van der Waals surface area contributed by atoms with E-state index in [9.17, 15) is 14.9 Å². The smallest absolute Gasteiger partial charge is 0.270 e. The Hall–Kier alpha value is -1.68. The monoisotopic (exact) mass is 225 g/mol. The van der Waals surface area contributed by atoms with Crippen molar-refractivity contribution in [1.29, 1.82) is 0 Å². The minimum Gasteiger partial charge on any atom is -0.298 e. The number of aldehydes is 1. The summed E-state index contributed by atoms with van der Waals surface area (Å²) in [6.45, 7) is 1.55. The Labute approximate surface area is 91.3 Å². The van der Waals surface area contributed by atoms with Crippen molar-refractivity contribution in [2.24, 2.45) is 0 Å². The molecule has 1 aromatic carbocycles. The summed E-state index contributed by atoms with van der Waals surface area (Å²) in [5, 5.41) is 10.7. The molecular formula is C10H8ClNO3. The fourth-order valence-corrected chi connectivity index (χ4v) is 1.20. The molecule has 0 spiro atoms. The Morgan fingerprint density at radius 3 is 2.73 bits per heavy atom. The number of benzene rings is 1. The van der Waals surface area contributed by atoms with Crippen molar-refractivity contribution in [2.45, 2.75) is 6.92 Å². The number of nitro benzene ring substituents is 1. The van der Waals surface area contributed by atoms with Crippen molar-refractivity contribution in [3.8, 4) is 0 Å². The van der Waals surface area contributed by atoms with Crippen LogP contribution < -0.4 is 0 Å². The SMILES string of the molecule is C/C(C=O)=C(\Cl)c1cccc([N+](=O)[O-])c1. The highest BCUT2D eigenvalue weighted by atomic mass is 35.5. The third-order valence-corrected chi connectivity index (χ3v) is 2.35. The van der Waals surface area contributed by atoms with Crippen LogP contribution in [0.1, 0.15) is 12.5 Å². The first kappa shape index (κ1) is 11.4. The summed E-state index contributed by atoms with van der Waals surface area (Å²) in [5.41, 5.74) is 0.761. The number of rotatable bonds is 3. The van der Waals surface area contributed by atoms with Gasteiger partial charge < -0.3 is 0 Å². The molecule has 4 nitrogen and oxygen atoms in total. The van der Waals surface area contributed by atoms with Gasteiger partial charge in [-0.1, -0.05) is 23.7 Å². The minimum atomic E-state index is -0.510. The zero-order valence-electron chi connectivity index (χ0n) is 7.94. The number of carbonyl (C=O) groups is 1.